The minimum atomic E-state index is -0.300. The average Bonchev–Trinajstić information content (AvgIpc) is 2.57. The first-order chi connectivity index (χ1) is 7.72. The number of hydrogen-bond donors (Lipinski definition) is 0. The largest absolute Gasteiger partial charge is 0.404 e. The molecule has 1 unspecified atom stereocenters. The molecule has 1 aromatic carbocycles. The number of benzene rings is 1. The topological polar surface area (TPSA) is 38.7 Å². The van der Waals surface area contributed by atoms with Gasteiger partial charge in [0, 0.05) is 5.75 Å². The van der Waals surface area contributed by atoms with Crippen LogP contribution in [-0.4, -0.2) is 29.9 Å². The number of carbonyl (C=O) groups excluding carboxylic acids is 1. The van der Waals surface area contributed by atoms with Gasteiger partial charge in [-0.15, -0.1) is 0 Å². The molecule has 0 radical (unpaired) electrons. The molecular weight excluding hydrogens is 222 g/mol. The van der Waals surface area contributed by atoms with Crippen LogP contribution in [0.15, 0.2) is 29.3 Å². The van der Waals surface area contributed by atoms with Crippen LogP contribution in [0.25, 0.3) is 0 Å². The van der Waals surface area contributed by atoms with Crippen molar-refractivity contribution in [3.05, 3.63) is 35.4 Å². The lowest BCUT2D eigenvalue weighted by atomic mass is 10.1. The van der Waals surface area contributed by atoms with Crippen molar-refractivity contribution in [1.82, 2.24) is 0 Å². The van der Waals surface area contributed by atoms with Crippen LogP contribution in [-0.2, 0) is 4.74 Å². The fourth-order valence-corrected chi connectivity index (χ4v) is 2.18. The van der Waals surface area contributed by atoms with Gasteiger partial charge < -0.3 is 4.74 Å². The Hall–Kier alpha value is -1.29. The van der Waals surface area contributed by atoms with E-state index in [2.05, 4.69) is 4.99 Å². The number of fused-ring (bicyclic) bond motifs is 1. The molecule has 0 aliphatic carbocycles. The van der Waals surface area contributed by atoms with E-state index < -0.39 is 0 Å². The van der Waals surface area contributed by atoms with Crippen molar-refractivity contribution in [2.45, 2.75) is 13.0 Å². The first-order valence-electron chi connectivity index (χ1n) is 5.10. The molecule has 0 amide bonds. The summed E-state index contributed by atoms with van der Waals surface area (Å²) in [7, 11) is 0. The van der Waals surface area contributed by atoms with Crippen LogP contribution in [0.3, 0.4) is 0 Å². The number of hydrogen-bond acceptors (Lipinski definition) is 4. The molecule has 0 aromatic heterocycles. The second-order valence-electron chi connectivity index (χ2n) is 3.67. The van der Waals surface area contributed by atoms with Crippen LogP contribution in [0.1, 0.15) is 22.8 Å². The summed E-state index contributed by atoms with van der Waals surface area (Å²) in [6, 6.07) is 7.50. The lowest BCUT2D eigenvalue weighted by Crippen LogP contribution is -2.09. The van der Waals surface area contributed by atoms with E-state index in [1.807, 2.05) is 31.4 Å². The smallest absolute Gasteiger partial charge is 0.345 e. The number of aliphatic imine (C=N–C) groups is 1. The Kier molecular flexibility index (Phi) is 3.29. The molecular formula is C12H13NO2S. The van der Waals surface area contributed by atoms with E-state index in [-0.39, 0.29) is 12.0 Å². The highest BCUT2D eigenvalue weighted by Crippen LogP contribution is 2.20. The normalized spacial score (nSPS) is 18.4. The van der Waals surface area contributed by atoms with E-state index in [0.29, 0.717) is 11.5 Å². The van der Waals surface area contributed by atoms with Crippen LogP contribution in [0, 0.1) is 0 Å². The van der Waals surface area contributed by atoms with Gasteiger partial charge in [-0.25, -0.2) is 9.79 Å². The monoisotopic (exact) mass is 235 g/mol. The Bertz CT molecular complexity index is 442. The molecule has 1 aliphatic heterocycles. The van der Waals surface area contributed by atoms with Gasteiger partial charge in [0.15, 0.2) is 0 Å². The molecule has 0 bridgehead atoms. The average molecular weight is 235 g/mol. The maximum absolute atomic E-state index is 11.5. The van der Waals surface area contributed by atoms with Crippen molar-refractivity contribution in [1.29, 1.82) is 0 Å². The summed E-state index contributed by atoms with van der Waals surface area (Å²) in [5.74, 6) is 1.08. The van der Waals surface area contributed by atoms with Gasteiger partial charge in [-0.05, 0) is 25.3 Å². The van der Waals surface area contributed by atoms with E-state index in [1.54, 1.807) is 17.8 Å². The number of carbonyl (C=O) groups is 1. The van der Waals surface area contributed by atoms with Crippen molar-refractivity contribution in [2.75, 3.05) is 12.0 Å². The van der Waals surface area contributed by atoms with Crippen LogP contribution in [0.2, 0.25) is 0 Å². The van der Waals surface area contributed by atoms with Crippen molar-refractivity contribution in [3.63, 3.8) is 0 Å². The fourth-order valence-electron chi connectivity index (χ4n) is 1.62. The summed E-state index contributed by atoms with van der Waals surface area (Å²) in [6.07, 6.45) is 2.03. The number of nitrogens with zero attached hydrogens (tertiary/aromatic N) is 1. The molecule has 0 N–H and O–H groups in total. The van der Waals surface area contributed by atoms with E-state index in [1.165, 1.54) is 0 Å². The van der Waals surface area contributed by atoms with Crippen LogP contribution in [0.5, 0.6) is 0 Å². The summed E-state index contributed by atoms with van der Waals surface area (Å²) in [6.45, 7) is 2.01. The van der Waals surface area contributed by atoms with Gasteiger partial charge in [0.2, 0.25) is 5.90 Å². The van der Waals surface area contributed by atoms with Crippen molar-refractivity contribution >= 4 is 23.6 Å². The molecule has 0 fully saturated rings. The molecule has 1 atom stereocenters. The van der Waals surface area contributed by atoms with Gasteiger partial charge in [0.05, 0.1) is 17.2 Å². The van der Waals surface area contributed by atoms with Crippen LogP contribution < -0.4 is 0 Å². The summed E-state index contributed by atoms with van der Waals surface area (Å²) < 4.78 is 5.15. The highest BCUT2D eigenvalue weighted by molar-refractivity contribution is 7.98. The first-order valence-corrected chi connectivity index (χ1v) is 6.50. The van der Waals surface area contributed by atoms with Gasteiger partial charge in [0.25, 0.3) is 0 Å². The summed E-state index contributed by atoms with van der Waals surface area (Å²) in [5.41, 5.74) is 1.41. The number of rotatable bonds is 3. The molecule has 16 heavy (non-hydrogen) atoms. The maximum Gasteiger partial charge on any atom is 0.345 e. The number of cyclic esters (lactones) is 1. The number of ether oxygens (including phenoxy) is 1. The Morgan fingerprint density at radius 2 is 2.06 bits per heavy atom. The third-order valence-corrected chi connectivity index (χ3v) is 3.13. The van der Waals surface area contributed by atoms with Gasteiger partial charge in [-0.2, -0.15) is 11.8 Å². The standard InChI is InChI=1S/C12H13NO2S/c1-8(7-16-2)13-11-9-5-3-4-6-10(9)12(14)15-11/h3-6,8H,7H2,1-2H3. The number of esters is 1. The van der Waals surface area contributed by atoms with Gasteiger partial charge >= 0.3 is 5.97 Å². The summed E-state index contributed by atoms with van der Waals surface area (Å²) >= 11 is 1.73. The fraction of sp³-hybridized carbons (Fsp3) is 0.333. The van der Waals surface area contributed by atoms with Crippen LogP contribution in [0.4, 0.5) is 0 Å². The zero-order chi connectivity index (χ0) is 11.5. The summed E-state index contributed by atoms with van der Waals surface area (Å²) in [4.78, 5) is 15.9. The molecule has 1 aromatic rings. The quantitative estimate of drug-likeness (QED) is 0.755. The van der Waals surface area contributed by atoms with Crippen molar-refractivity contribution in [3.8, 4) is 0 Å². The van der Waals surface area contributed by atoms with Crippen LogP contribution >= 0.6 is 11.8 Å². The second kappa shape index (κ2) is 4.70. The molecule has 3 nitrogen and oxygen atoms in total. The Balaban J connectivity index is 2.30. The van der Waals surface area contributed by atoms with Gasteiger partial charge in [-0.3, -0.25) is 0 Å². The molecule has 2 rings (SSSR count). The Labute approximate surface area is 98.9 Å². The minimum absolute atomic E-state index is 0.156. The predicted octanol–water partition coefficient (Wildman–Crippen LogP) is 2.36. The molecule has 0 spiro atoms. The van der Waals surface area contributed by atoms with Crippen molar-refractivity contribution in [2.24, 2.45) is 4.99 Å². The molecule has 1 heterocycles. The SMILES string of the molecule is CSCC(C)N=C1OC(=O)c2ccccc21. The van der Waals surface area contributed by atoms with E-state index in [9.17, 15) is 4.79 Å². The van der Waals surface area contributed by atoms with E-state index in [4.69, 9.17) is 4.74 Å². The van der Waals surface area contributed by atoms with Gasteiger partial charge in [-0.1, -0.05) is 12.1 Å². The molecule has 4 heteroatoms. The summed E-state index contributed by atoms with van der Waals surface area (Å²) in [5, 5.41) is 0. The zero-order valence-corrected chi connectivity index (χ0v) is 10.1. The van der Waals surface area contributed by atoms with E-state index >= 15 is 0 Å². The van der Waals surface area contributed by atoms with E-state index in [0.717, 1.165) is 11.3 Å². The lowest BCUT2D eigenvalue weighted by molar-refractivity contribution is 0.0736. The van der Waals surface area contributed by atoms with Crippen molar-refractivity contribution < 1.29 is 9.53 Å². The minimum Gasteiger partial charge on any atom is -0.404 e. The first kappa shape index (κ1) is 11.2. The highest BCUT2D eigenvalue weighted by Gasteiger charge is 2.27. The number of thioether (sulfide) groups is 1. The third kappa shape index (κ3) is 2.11. The highest BCUT2D eigenvalue weighted by atomic mass is 32.2. The maximum atomic E-state index is 11.5. The Morgan fingerprint density at radius 3 is 2.75 bits per heavy atom. The second-order valence-corrected chi connectivity index (χ2v) is 4.58. The molecule has 0 saturated heterocycles. The predicted molar refractivity (Wildman–Crippen MR) is 66.2 cm³/mol. The molecule has 0 saturated carbocycles. The Morgan fingerprint density at radius 1 is 1.38 bits per heavy atom. The zero-order valence-electron chi connectivity index (χ0n) is 9.27. The lowest BCUT2D eigenvalue weighted by Gasteiger charge is -2.04. The third-order valence-electron chi connectivity index (χ3n) is 2.31. The molecule has 1 aliphatic rings. The van der Waals surface area contributed by atoms with Gasteiger partial charge in [0.1, 0.15) is 0 Å². The molecule has 84 valence electrons.